The SMILES string of the molecule is Cc1cc(-c2c(F)c(F)c(F)c(F)c2F)cc(C#N)c1N1c2ccccc2C(C)(C)c2ccccc21. The van der Waals surface area contributed by atoms with Crippen molar-refractivity contribution in [3.05, 3.63) is 112 Å². The first-order valence-electron chi connectivity index (χ1n) is 11.1. The number of fused-ring (bicyclic) bond motifs is 2. The molecule has 180 valence electrons. The lowest BCUT2D eigenvalue weighted by atomic mass is 9.73. The molecule has 0 aromatic heterocycles. The van der Waals surface area contributed by atoms with Gasteiger partial charge in [-0.25, -0.2) is 22.0 Å². The van der Waals surface area contributed by atoms with Crippen LogP contribution in [0.2, 0.25) is 0 Å². The Morgan fingerprint density at radius 2 is 1.19 bits per heavy atom. The second kappa shape index (κ2) is 8.20. The molecule has 1 aliphatic heterocycles. The Kier molecular flexibility index (Phi) is 5.36. The summed E-state index contributed by atoms with van der Waals surface area (Å²) in [7, 11) is 0. The Balaban J connectivity index is 1.81. The van der Waals surface area contributed by atoms with E-state index in [0.29, 0.717) is 11.3 Å². The number of benzene rings is 4. The highest BCUT2D eigenvalue weighted by atomic mass is 19.2. The van der Waals surface area contributed by atoms with Crippen molar-refractivity contribution in [3.63, 3.8) is 0 Å². The molecule has 0 fully saturated rings. The van der Waals surface area contributed by atoms with E-state index < -0.39 is 34.6 Å². The molecule has 5 rings (SSSR count). The largest absolute Gasteiger partial charge is 0.308 e. The highest BCUT2D eigenvalue weighted by molar-refractivity contribution is 5.90. The minimum atomic E-state index is -2.23. The average molecular weight is 490 g/mol. The highest BCUT2D eigenvalue weighted by Crippen LogP contribution is 2.53. The molecule has 0 bridgehead atoms. The summed E-state index contributed by atoms with van der Waals surface area (Å²) < 4.78 is 70.6. The minimum Gasteiger partial charge on any atom is -0.308 e. The Bertz CT molecular complexity index is 1520. The van der Waals surface area contributed by atoms with Gasteiger partial charge in [0, 0.05) is 5.41 Å². The van der Waals surface area contributed by atoms with Crippen molar-refractivity contribution in [1.82, 2.24) is 0 Å². The smallest absolute Gasteiger partial charge is 0.200 e. The quantitative estimate of drug-likeness (QED) is 0.160. The molecular formula is C29H19F5N2. The summed E-state index contributed by atoms with van der Waals surface area (Å²) in [5.74, 6) is -10.2. The number of rotatable bonds is 2. The molecule has 0 saturated heterocycles. The highest BCUT2D eigenvalue weighted by Gasteiger charge is 2.38. The van der Waals surface area contributed by atoms with E-state index in [9.17, 15) is 27.2 Å². The first-order valence-corrected chi connectivity index (χ1v) is 11.1. The van der Waals surface area contributed by atoms with Crippen LogP contribution in [0.3, 0.4) is 0 Å². The zero-order valence-corrected chi connectivity index (χ0v) is 19.6. The fraction of sp³-hybridized carbons (Fsp3) is 0.138. The Labute approximate surface area is 204 Å². The van der Waals surface area contributed by atoms with Crippen LogP contribution in [0.5, 0.6) is 0 Å². The molecule has 0 aliphatic carbocycles. The molecule has 0 N–H and O–H groups in total. The van der Waals surface area contributed by atoms with Crippen molar-refractivity contribution in [3.8, 4) is 17.2 Å². The van der Waals surface area contributed by atoms with Crippen molar-refractivity contribution < 1.29 is 22.0 Å². The van der Waals surface area contributed by atoms with Gasteiger partial charge in [-0.2, -0.15) is 5.26 Å². The summed E-state index contributed by atoms with van der Waals surface area (Å²) in [4.78, 5) is 1.91. The fourth-order valence-electron chi connectivity index (χ4n) is 5.07. The molecule has 36 heavy (non-hydrogen) atoms. The zero-order chi connectivity index (χ0) is 25.9. The number of para-hydroxylation sites is 2. The van der Waals surface area contributed by atoms with E-state index in [1.807, 2.05) is 53.4 Å². The molecule has 0 unspecified atom stereocenters. The first kappa shape index (κ1) is 23.6. The van der Waals surface area contributed by atoms with Gasteiger partial charge in [-0.1, -0.05) is 50.2 Å². The van der Waals surface area contributed by atoms with Gasteiger partial charge in [0.15, 0.2) is 23.3 Å². The van der Waals surface area contributed by atoms with Gasteiger partial charge in [0.1, 0.15) is 6.07 Å². The molecule has 7 heteroatoms. The predicted octanol–water partition coefficient (Wildman–Crippen LogP) is 8.34. The lowest BCUT2D eigenvalue weighted by molar-refractivity contribution is 0.381. The monoisotopic (exact) mass is 490 g/mol. The second-order valence-corrected chi connectivity index (χ2v) is 9.24. The maximum atomic E-state index is 14.6. The van der Waals surface area contributed by atoms with E-state index in [2.05, 4.69) is 19.9 Å². The van der Waals surface area contributed by atoms with Crippen LogP contribution in [0, 0.1) is 47.3 Å². The van der Waals surface area contributed by atoms with Gasteiger partial charge in [0.05, 0.1) is 28.2 Å². The summed E-state index contributed by atoms with van der Waals surface area (Å²) in [6.07, 6.45) is 0. The van der Waals surface area contributed by atoms with Gasteiger partial charge in [-0.15, -0.1) is 0 Å². The molecule has 0 amide bonds. The summed E-state index contributed by atoms with van der Waals surface area (Å²) in [5.41, 5.74) is 2.88. The summed E-state index contributed by atoms with van der Waals surface area (Å²) >= 11 is 0. The molecule has 4 aromatic carbocycles. The Hall–Kier alpha value is -4.18. The van der Waals surface area contributed by atoms with Gasteiger partial charge in [0.2, 0.25) is 5.82 Å². The van der Waals surface area contributed by atoms with Crippen LogP contribution in [0.4, 0.5) is 39.0 Å². The number of hydrogen-bond donors (Lipinski definition) is 0. The number of nitriles is 1. The molecule has 0 spiro atoms. The number of halogens is 5. The van der Waals surface area contributed by atoms with Crippen molar-refractivity contribution in [1.29, 1.82) is 5.26 Å². The summed E-state index contributed by atoms with van der Waals surface area (Å²) in [6, 6.07) is 20.0. The summed E-state index contributed by atoms with van der Waals surface area (Å²) in [5, 5.41) is 10.1. The number of nitrogens with zero attached hydrogens (tertiary/aromatic N) is 2. The maximum absolute atomic E-state index is 14.6. The topological polar surface area (TPSA) is 27.0 Å². The molecule has 0 atom stereocenters. The van der Waals surface area contributed by atoms with Crippen molar-refractivity contribution >= 4 is 17.1 Å². The molecule has 0 radical (unpaired) electrons. The van der Waals surface area contributed by atoms with Gasteiger partial charge in [-0.05, 0) is 53.4 Å². The fourth-order valence-corrected chi connectivity index (χ4v) is 5.07. The molecule has 2 nitrogen and oxygen atoms in total. The number of hydrogen-bond acceptors (Lipinski definition) is 2. The number of aryl methyl sites for hydroxylation is 1. The normalized spacial score (nSPS) is 13.7. The van der Waals surface area contributed by atoms with Gasteiger partial charge in [-0.3, -0.25) is 0 Å². The lowest BCUT2D eigenvalue weighted by Gasteiger charge is -2.42. The Morgan fingerprint density at radius 1 is 0.722 bits per heavy atom. The van der Waals surface area contributed by atoms with E-state index in [-0.39, 0.29) is 16.5 Å². The van der Waals surface area contributed by atoms with Gasteiger partial charge < -0.3 is 4.90 Å². The standard InChI is InChI=1S/C29H19F5N2/c1-15-12-16(22-23(30)25(32)27(34)26(33)24(22)31)13-17(14-35)28(15)36-20-10-6-4-8-18(20)29(2,3)19-9-5-7-11-21(19)36/h4-13H,1-3H3. The molecule has 4 aromatic rings. The molecular weight excluding hydrogens is 471 g/mol. The lowest BCUT2D eigenvalue weighted by Crippen LogP contribution is -2.31. The summed E-state index contributed by atoms with van der Waals surface area (Å²) in [6.45, 7) is 5.84. The second-order valence-electron chi connectivity index (χ2n) is 9.24. The molecule has 0 saturated carbocycles. The van der Waals surface area contributed by atoms with Crippen molar-refractivity contribution in [2.45, 2.75) is 26.2 Å². The van der Waals surface area contributed by atoms with Crippen LogP contribution in [0.25, 0.3) is 11.1 Å². The van der Waals surface area contributed by atoms with Crippen LogP contribution in [0.15, 0.2) is 60.7 Å². The van der Waals surface area contributed by atoms with Gasteiger partial charge >= 0.3 is 0 Å². The average Bonchev–Trinajstić information content (AvgIpc) is 2.87. The first-order chi connectivity index (χ1) is 17.1. The van der Waals surface area contributed by atoms with Crippen molar-refractivity contribution in [2.24, 2.45) is 0 Å². The maximum Gasteiger partial charge on any atom is 0.200 e. The molecule has 1 heterocycles. The van der Waals surface area contributed by atoms with E-state index in [1.165, 1.54) is 6.07 Å². The van der Waals surface area contributed by atoms with Gasteiger partial charge in [0.25, 0.3) is 0 Å². The third-order valence-corrected chi connectivity index (χ3v) is 6.78. The third-order valence-electron chi connectivity index (χ3n) is 6.78. The van der Waals surface area contributed by atoms with Crippen LogP contribution in [0.1, 0.15) is 36.1 Å². The molecule has 1 aliphatic rings. The van der Waals surface area contributed by atoms with E-state index in [1.54, 1.807) is 6.92 Å². The zero-order valence-electron chi connectivity index (χ0n) is 19.6. The van der Waals surface area contributed by atoms with Crippen LogP contribution >= 0.6 is 0 Å². The third kappa shape index (κ3) is 3.21. The van der Waals surface area contributed by atoms with E-state index in [0.717, 1.165) is 28.6 Å². The van der Waals surface area contributed by atoms with Crippen molar-refractivity contribution in [2.75, 3.05) is 4.90 Å². The predicted molar refractivity (Wildman–Crippen MR) is 128 cm³/mol. The van der Waals surface area contributed by atoms with Crippen LogP contribution in [-0.4, -0.2) is 0 Å². The number of anilines is 3. The Morgan fingerprint density at radius 3 is 1.69 bits per heavy atom. The van der Waals surface area contributed by atoms with E-state index in [4.69, 9.17) is 0 Å². The van der Waals surface area contributed by atoms with Crippen LogP contribution in [-0.2, 0) is 5.41 Å². The minimum absolute atomic E-state index is 0.0262. The van der Waals surface area contributed by atoms with Crippen LogP contribution < -0.4 is 4.90 Å². The van der Waals surface area contributed by atoms with E-state index >= 15 is 0 Å².